The minimum Gasteiger partial charge on any atom is -0.303 e. The molecule has 2 rings (SSSR count). The summed E-state index contributed by atoms with van der Waals surface area (Å²) in [5.41, 5.74) is 1.54. The van der Waals surface area contributed by atoms with Crippen LogP contribution in [0.25, 0.3) is 11.3 Å². The number of hydrogen-bond acceptors (Lipinski definition) is 3. The summed E-state index contributed by atoms with van der Waals surface area (Å²) >= 11 is 0. The van der Waals surface area contributed by atoms with Gasteiger partial charge in [0.1, 0.15) is 6.29 Å². The number of aldehydes is 1. The SMILES string of the molecule is O=CCc1[nH]o[n+](=O)c1-c1ccccc1. The number of H-pyrrole nitrogens is 1. The molecule has 2 aromatic rings. The monoisotopic (exact) mass is 205 g/mol. The molecule has 0 unspecified atom stereocenters. The van der Waals surface area contributed by atoms with E-state index in [2.05, 4.69) is 9.79 Å². The molecule has 1 N–H and O–H groups in total. The van der Waals surface area contributed by atoms with Gasteiger partial charge in [-0.05, 0) is 4.91 Å². The molecule has 0 aliphatic carbocycles. The van der Waals surface area contributed by atoms with E-state index in [4.69, 9.17) is 0 Å². The number of nitrogens with one attached hydrogen (secondary N) is 1. The molecule has 0 aliphatic heterocycles. The minimum atomic E-state index is 0.128. The Morgan fingerprint density at radius 2 is 2.07 bits per heavy atom. The average molecular weight is 205 g/mol. The van der Waals surface area contributed by atoms with Crippen molar-refractivity contribution in [3.05, 3.63) is 40.9 Å². The lowest BCUT2D eigenvalue weighted by Gasteiger charge is -1.90. The molecule has 1 aromatic carbocycles. The van der Waals surface area contributed by atoms with Gasteiger partial charge in [-0.25, -0.2) is 0 Å². The second-order valence-corrected chi connectivity index (χ2v) is 3.01. The van der Waals surface area contributed by atoms with Crippen molar-refractivity contribution in [1.29, 1.82) is 0 Å². The van der Waals surface area contributed by atoms with Crippen molar-refractivity contribution in [2.24, 2.45) is 0 Å². The molecule has 0 radical (unpaired) electrons. The van der Waals surface area contributed by atoms with Gasteiger partial charge in [0.2, 0.25) is 5.69 Å². The van der Waals surface area contributed by atoms with Crippen molar-refractivity contribution in [3.63, 3.8) is 0 Å². The number of aromatic amines is 1. The standard InChI is InChI=1S/C10H9N2O3/c13-7-6-9-10(12(14)15-11-9)8-4-2-1-3-5-8/h1-5,7,11H,6H2/q+1. The Bertz CT molecular complexity index is 513. The summed E-state index contributed by atoms with van der Waals surface area (Å²) in [6.45, 7) is 0. The van der Waals surface area contributed by atoms with Gasteiger partial charge in [0, 0.05) is 5.56 Å². The van der Waals surface area contributed by atoms with Crippen LogP contribution in [0.4, 0.5) is 0 Å². The molecular weight excluding hydrogens is 196 g/mol. The molecule has 1 aromatic heterocycles. The molecule has 5 nitrogen and oxygen atoms in total. The summed E-state index contributed by atoms with van der Waals surface area (Å²) in [6.07, 6.45) is 0.844. The molecule has 5 heteroatoms. The van der Waals surface area contributed by atoms with E-state index in [0.29, 0.717) is 27.8 Å². The highest BCUT2D eigenvalue weighted by Gasteiger charge is 2.20. The number of nitrogens with zero attached hydrogens (tertiary/aromatic N) is 1. The van der Waals surface area contributed by atoms with Gasteiger partial charge in [-0.2, -0.15) is 0 Å². The molecule has 0 saturated heterocycles. The summed E-state index contributed by atoms with van der Waals surface area (Å²) < 4.78 is 4.95. The molecule has 76 valence electrons. The van der Waals surface area contributed by atoms with Crippen molar-refractivity contribution in [1.82, 2.24) is 5.16 Å². The molecule has 0 bridgehead atoms. The second-order valence-electron chi connectivity index (χ2n) is 3.01. The van der Waals surface area contributed by atoms with Crippen molar-refractivity contribution in [2.75, 3.05) is 0 Å². The zero-order valence-electron chi connectivity index (χ0n) is 7.84. The number of aromatic nitrogens is 2. The van der Waals surface area contributed by atoms with E-state index < -0.39 is 0 Å². The zero-order chi connectivity index (χ0) is 10.7. The Hall–Kier alpha value is -2.17. The van der Waals surface area contributed by atoms with Gasteiger partial charge < -0.3 is 4.79 Å². The van der Waals surface area contributed by atoms with Gasteiger partial charge in [0.25, 0.3) is 5.69 Å². The fourth-order valence-corrected chi connectivity index (χ4v) is 1.40. The van der Waals surface area contributed by atoms with E-state index in [-0.39, 0.29) is 6.42 Å². The quantitative estimate of drug-likeness (QED) is 0.758. The van der Waals surface area contributed by atoms with E-state index in [0.717, 1.165) is 0 Å². The molecule has 0 aliphatic rings. The molecule has 0 fully saturated rings. The van der Waals surface area contributed by atoms with Crippen LogP contribution in [0, 0.1) is 4.91 Å². The summed E-state index contributed by atoms with van der Waals surface area (Å²) in [6, 6.07) is 9.03. The van der Waals surface area contributed by atoms with E-state index in [1.807, 2.05) is 18.2 Å². The average Bonchev–Trinajstić information content (AvgIpc) is 2.62. The molecule has 15 heavy (non-hydrogen) atoms. The maximum Gasteiger partial charge on any atom is 0.275 e. The zero-order valence-corrected chi connectivity index (χ0v) is 7.84. The molecular formula is C10H9N2O3+. The van der Waals surface area contributed by atoms with Crippen LogP contribution < -0.4 is 4.60 Å². The number of carbonyl (C=O) groups excluding carboxylic acids is 1. The first-order valence-electron chi connectivity index (χ1n) is 4.45. The number of benzene rings is 1. The van der Waals surface area contributed by atoms with Gasteiger partial charge in [-0.1, -0.05) is 40.1 Å². The minimum absolute atomic E-state index is 0.128. The van der Waals surface area contributed by atoms with Gasteiger partial charge in [0.15, 0.2) is 4.60 Å². The molecule has 0 saturated carbocycles. The summed E-state index contributed by atoms with van der Waals surface area (Å²) in [4.78, 5) is 21.7. The molecule has 0 atom stereocenters. The Kier molecular flexibility index (Phi) is 2.45. The Morgan fingerprint density at radius 3 is 2.73 bits per heavy atom. The third-order valence-corrected chi connectivity index (χ3v) is 2.05. The van der Waals surface area contributed by atoms with E-state index >= 15 is 0 Å². The lowest BCUT2D eigenvalue weighted by atomic mass is 10.1. The first-order valence-corrected chi connectivity index (χ1v) is 4.45. The molecule has 1 heterocycles. The van der Waals surface area contributed by atoms with Crippen molar-refractivity contribution in [2.45, 2.75) is 6.42 Å². The van der Waals surface area contributed by atoms with Crippen LogP contribution >= 0.6 is 0 Å². The lowest BCUT2D eigenvalue weighted by molar-refractivity contribution is -0.704. The fourth-order valence-electron chi connectivity index (χ4n) is 1.40. The largest absolute Gasteiger partial charge is 0.303 e. The third kappa shape index (κ3) is 1.71. The van der Waals surface area contributed by atoms with Gasteiger partial charge in [0.05, 0.1) is 6.42 Å². The highest BCUT2D eigenvalue weighted by Crippen LogP contribution is 2.17. The fraction of sp³-hybridized carbons (Fsp3) is 0.100. The Labute approximate surface area is 84.9 Å². The summed E-state index contributed by atoms with van der Waals surface area (Å²) in [5.74, 6) is 0. The van der Waals surface area contributed by atoms with Crippen molar-refractivity contribution >= 4 is 6.29 Å². The predicted molar refractivity (Wildman–Crippen MR) is 51.6 cm³/mol. The Balaban J connectivity index is 2.56. The Morgan fingerprint density at radius 1 is 1.33 bits per heavy atom. The van der Waals surface area contributed by atoms with Gasteiger partial charge in [-0.3, -0.25) is 0 Å². The topological polar surface area (TPSA) is 69.0 Å². The summed E-state index contributed by atoms with van der Waals surface area (Å²) in [5, 5.41) is 2.42. The van der Waals surface area contributed by atoms with E-state index in [1.165, 1.54) is 0 Å². The van der Waals surface area contributed by atoms with E-state index in [9.17, 15) is 9.70 Å². The number of rotatable bonds is 3. The highest BCUT2D eigenvalue weighted by atomic mass is 16.7. The predicted octanol–water partition coefficient (Wildman–Crippen LogP) is 0.931. The molecule has 0 amide bonds. The van der Waals surface area contributed by atoms with Crippen molar-refractivity contribution < 1.29 is 14.0 Å². The maximum absolute atomic E-state index is 11.3. The first kappa shape index (κ1) is 9.39. The number of hydrogen-bond donors (Lipinski definition) is 1. The van der Waals surface area contributed by atoms with Crippen LogP contribution in [0.1, 0.15) is 5.69 Å². The maximum atomic E-state index is 11.3. The van der Waals surface area contributed by atoms with Crippen molar-refractivity contribution in [3.8, 4) is 11.3 Å². The van der Waals surface area contributed by atoms with Crippen LogP contribution in [-0.4, -0.2) is 11.4 Å². The highest BCUT2D eigenvalue weighted by molar-refractivity contribution is 5.63. The lowest BCUT2D eigenvalue weighted by Crippen LogP contribution is -2.13. The van der Waals surface area contributed by atoms with Gasteiger partial charge in [-0.15, -0.1) is 0 Å². The second kappa shape index (κ2) is 3.91. The summed E-state index contributed by atoms with van der Waals surface area (Å²) in [7, 11) is 0. The van der Waals surface area contributed by atoms with E-state index in [1.54, 1.807) is 12.1 Å². The first-order chi connectivity index (χ1) is 7.33. The van der Waals surface area contributed by atoms with Crippen LogP contribution in [-0.2, 0) is 11.2 Å². The molecule has 0 spiro atoms. The third-order valence-electron chi connectivity index (χ3n) is 2.05. The van der Waals surface area contributed by atoms with Crippen LogP contribution in [0.2, 0.25) is 0 Å². The normalized spacial score (nSPS) is 10.1. The van der Waals surface area contributed by atoms with Gasteiger partial charge >= 0.3 is 0 Å². The number of carbonyl (C=O) groups is 1. The van der Waals surface area contributed by atoms with Crippen LogP contribution in [0.3, 0.4) is 0 Å². The van der Waals surface area contributed by atoms with Crippen LogP contribution in [0.5, 0.6) is 0 Å². The smallest absolute Gasteiger partial charge is 0.275 e. The van der Waals surface area contributed by atoms with Crippen LogP contribution in [0.15, 0.2) is 35.0 Å².